The first-order valence-electron chi connectivity index (χ1n) is 7.05. The zero-order valence-corrected chi connectivity index (χ0v) is 14.5. The van der Waals surface area contributed by atoms with Crippen molar-refractivity contribution in [3.63, 3.8) is 0 Å². The van der Waals surface area contributed by atoms with Crippen LogP contribution in [-0.2, 0) is 9.59 Å². The van der Waals surface area contributed by atoms with E-state index in [2.05, 4.69) is 46.0 Å². The highest BCUT2D eigenvalue weighted by atomic mass is 79.9. The van der Waals surface area contributed by atoms with Crippen molar-refractivity contribution in [2.75, 3.05) is 19.7 Å². The summed E-state index contributed by atoms with van der Waals surface area (Å²) in [5.41, 5.74) is 0. The molecule has 2 aromatic rings. The Labute approximate surface area is 147 Å². The predicted molar refractivity (Wildman–Crippen MR) is 95.5 cm³/mol. The smallest absolute Gasteiger partial charge is 0.414 e. The monoisotopic (exact) mass is 395 g/mol. The molecule has 0 unspecified atom stereocenters. The first-order valence-corrected chi connectivity index (χ1v) is 7.84. The second-order valence-corrected chi connectivity index (χ2v) is 5.34. The molecule has 0 aliphatic heterocycles. The van der Waals surface area contributed by atoms with Crippen molar-refractivity contribution in [3.05, 3.63) is 53.5 Å². The van der Waals surface area contributed by atoms with Gasteiger partial charge in [0, 0.05) is 13.1 Å². The predicted octanol–water partition coefficient (Wildman–Crippen LogP) is 2.91. The van der Waals surface area contributed by atoms with Gasteiger partial charge in [-0.25, -0.2) is 9.59 Å². The van der Waals surface area contributed by atoms with Crippen LogP contribution in [0.15, 0.2) is 53.5 Å². The molecule has 0 spiro atoms. The highest BCUT2D eigenvalue weighted by Crippen LogP contribution is 2.32. The Balaban J connectivity index is 0.000000413. The number of halogens is 1. The minimum absolute atomic E-state index is 0.644. The van der Waals surface area contributed by atoms with Crippen LogP contribution in [0.5, 0.6) is 5.75 Å². The van der Waals surface area contributed by atoms with E-state index in [1.807, 2.05) is 24.3 Å². The lowest BCUT2D eigenvalue weighted by Crippen LogP contribution is -2.20. The molecular weight excluding hydrogens is 378 g/mol. The highest BCUT2D eigenvalue weighted by molar-refractivity contribution is 9.10. The first kappa shape index (κ1) is 19.7. The van der Waals surface area contributed by atoms with Gasteiger partial charge in [0.1, 0.15) is 12.4 Å². The van der Waals surface area contributed by atoms with Gasteiger partial charge >= 0.3 is 11.9 Å². The molecule has 0 bridgehead atoms. The van der Waals surface area contributed by atoms with Crippen LogP contribution in [-0.4, -0.2) is 41.8 Å². The first-order chi connectivity index (χ1) is 11.5. The molecule has 7 heteroatoms. The minimum atomic E-state index is -1.82. The SMILES string of the molecule is C=CCNCCOc1ccc2ccccc2c1Br.O=C(O)C(=O)O. The Kier molecular flexibility index (Phi) is 8.53. The molecule has 128 valence electrons. The van der Waals surface area contributed by atoms with Crippen LogP contribution in [0.2, 0.25) is 0 Å². The molecule has 0 aliphatic rings. The quantitative estimate of drug-likeness (QED) is 0.395. The van der Waals surface area contributed by atoms with Crippen molar-refractivity contribution in [1.29, 1.82) is 0 Å². The van der Waals surface area contributed by atoms with Gasteiger partial charge in [-0.1, -0.05) is 36.4 Å². The molecule has 0 radical (unpaired) electrons. The van der Waals surface area contributed by atoms with E-state index in [-0.39, 0.29) is 0 Å². The van der Waals surface area contributed by atoms with Crippen molar-refractivity contribution in [2.24, 2.45) is 0 Å². The molecule has 0 saturated carbocycles. The Hall–Kier alpha value is -2.38. The van der Waals surface area contributed by atoms with Crippen LogP contribution in [0, 0.1) is 0 Å². The minimum Gasteiger partial charge on any atom is -0.491 e. The van der Waals surface area contributed by atoms with E-state index < -0.39 is 11.9 Å². The Bertz CT molecular complexity index is 705. The summed E-state index contributed by atoms with van der Waals surface area (Å²) in [7, 11) is 0. The van der Waals surface area contributed by atoms with E-state index in [1.165, 1.54) is 10.8 Å². The van der Waals surface area contributed by atoms with Crippen molar-refractivity contribution in [2.45, 2.75) is 0 Å². The lowest BCUT2D eigenvalue weighted by atomic mass is 10.1. The van der Waals surface area contributed by atoms with E-state index in [1.54, 1.807) is 0 Å². The number of nitrogens with one attached hydrogen (secondary N) is 1. The van der Waals surface area contributed by atoms with Gasteiger partial charge in [-0.15, -0.1) is 6.58 Å². The Morgan fingerprint density at radius 2 is 1.83 bits per heavy atom. The number of ether oxygens (including phenoxy) is 1. The molecule has 0 aliphatic carbocycles. The third-order valence-corrected chi connectivity index (χ3v) is 3.65. The van der Waals surface area contributed by atoms with Crippen LogP contribution < -0.4 is 10.1 Å². The molecule has 6 nitrogen and oxygen atoms in total. The van der Waals surface area contributed by atoms with E-state index in [9.17, 15) is 0 Å². The van der Waals surface area contributed by atoms with Gasteiger partial charge in [0.25, 0.3) is 0 Å². The maximum Gasteiger partial charge on any atom is 0.414 e. The van der Waals surface area contributed by atoms with Crippen molar-refractivity contribution >= 4 is 38.6 Å². The molecule has 0 saturated heterocycles. The number of rotatable bonds is 6. The van der Waals surface area contributed by atoms with Gasteiger partial charge in [0.2, 0.25) is 0 Å². The largest absolute Gasteiger partial charge is 0.491 e. The zero-order valence-electron chi connectivity index (χ0n) is 12.9. The molecule has 0 aromatic heterocycles. The Morgan fingerprint density at radius 1 is 1.17 bits per heavy atom. The number of fused-ring (bicyclic) bond motifs is 1. The van der Waals surface area contributed by atoms with E-state index in [0.29, 0.717) is 6.61 Å². The molecule has 0 amide bonds. The molecule has 3 N–H and O–H groups in total. The van der Waals surface area contributed by atoms with Gasteiger partial charge in [-0.2, -0.15) is 0 Å². The van der Waals surface area contributed by atoms with Crippen LogP contribution in [0.1, 0.15) is 0 Å². The molecular formula is C17H18BrNO5. The average molecular weight is 396 g/mol. The van der Waals surface area contributed by atoms with Crippen molar-refractivity contribution < 1.29 is 24.5 Å². The standard InChI is InChI=1S/C15H16BrNO.C2H2O4/c1-2-9-17-10-11-18-14-8-7-12-5-3-4-6-13(12)15(14)16;3-1(4)2(5)6/h2-8,17H,1,9-11H2;(H,3,4)(H,5,6). The molecule has 2 rings (SSSR count). The number of hydrogen-bond acceptors (Lipinski definition) is 4. The fourth-order valence-corrected chi connectivity index (χ4v) is 2.37. The van der Waals surface area contributed by atoms with Gasteiger partial charge in [-0.3, -0.25) is 0 Å². The summed E-state index contributed by atoms with van der Waals surface area (Å²) < 4.78 is 6.77. The van der Waals surface area contributed by atoms with Crippen LogP contribution in [0.25, 0.3) is 10.8 Å². The summed E-state index contributed by atoms with van der Waals surface area (Å²) in [6, 6.07) is 12.3. The summed E-state index contributed by atoms with van der Waals surface area (Å²) in [5, 5.41) is 20.4. The Morgan fingerprint density at radius 3 is 2.46 bits per heavy atom. The second kappa shape index (κ2) is 10.4. The van der Waals surface area contributed by atoms with E-state index in [0.717, 1.165) is 23.3 Å². The average Bonchev–Trinajstić information content (AvgIpc) is 2.57. The van der Waals surface area contributed by atoms with Crippen molar-refractivity contribution in [3.8, 4) is 5.75 Å². The number of carboxylic acid groups (broad SMARTS) is 2. The number of carboxylic acids is 2. The van der Waals surface area contributed by atoms with Crippen LogP contribution in [0.4, 0.5) is 0 Å². The molecule has 0 heterocycles. The number of aliphatic carboxylic acids is 2. The summed E-state index contributed by atoms with van der Waals surface area (Å²) in [4.78, 5) is 18.2. The maximum atomic E-state index is 9.10. The number of benzene rings is 2. The summed E-state index contributed by atoms with van der Waals surface area (Å²) in [6.45, 7) is 5.92. The number of hydrogen-bond donors (Lipinski definition) is 3. The molecule has 0 atom stereocenters. The van der Waals surface area contributed by atoms with E-state index >= 15 is 0 Å². The van der Waals surface area contributed by atoms with Gasteiger partial charge in [0.15, 0.2) is 0 Å². The maximum absolute atomic E-state index is 9.10. The lowest BCUT2D eigenvalue weighted by Gasteiger charge is -2.10. The second-order valence-electron chi connectivity index (χ2n) is 4.55. The fraction of sp³-hybridized carbons (Fsp3) is 0.176. The third kappa shape index (κ3) is 6.39. The summed E-state index contributed by atoms with van der Waals surface area (Å²) in [5.74, 6) is -2.76. The normalized spacial score (nSPS) is 9.71. The van der Waals surface area contributed by atoms with Crippen molar-refractivity contribution in [1.82, 2.24) is 5.32 Å². The fourth-order valence-electron chi connectivity index (χ4n) is 1.76. The lowest BCUT2D eigenvalue weighted by molar-refractivity contribution is -0.159. The van der Waals surface area contributed by atoms with Gasteiger partial charge in [0.05, 0.1) is 4.47 Å². The van der Waals surface area contributed by atoms with E-state index in [4.69, 9.17) is 24.5 Å². The molecule has 2 aromatic carbocycles. The highest BCUT2D eigenvalue weighted by Gasteiger charge is 2.05. The van der Waals surface area contributed by atoms with Crippen LogP contribution >= 0.6 is 15.9 Å². The zero-order chi connectivity index (χ0) is 17.9. The topological polar surface area (TPSA) is 95.9 Å². The van der Waals surface area contributed by atoms with Gasteiger partial charge in [-0.05, 0) is 32.8 Å². The molecule has 0 fully saturated rings. The summed E-state index contributed by atoms with van der Waals surface area (Å²) >= 11 is 3.60. The van der Waals surface area contributed by atoms with Gasteiger partial charge < -0.3 is 20.3 Å². The van der Waals surface area contributed by atoms with Crippen LogP contribution in [0.3, 0.4) is 0 Å². The molecule has 24 heavy (non-hydrogen) atoms. The third-order valence-electron chi connectivity index (χ3n) is 2.84. The summed E-state index contributed by atoms with van der Waals surface area (Å²) in [6.07, 6.45) is 1.84. The number of carbonyl (C=O) groups is 2.